The molecule has 0 aliphatic heterocycles. The number of carbonyl (C=O) groups is 3. The summed E-state index contributed by atoms with van der Waals surface area (Å²) in [7, 11) is 6.18. The third-order valence-corrected chi connectivity index (χ3v) is 6.64. The number of halogens is 1. The smallest absolute Gasteiger partial charge is 0.410 e. The summed E-state index contributed by atoms with van der Waals surface area (Å²) in [5.41, 5.74) is 1.43. The van der Waals surface area contributed by atoms with Crippen LogP contribution in [0.3, 0.4) is 0 Å². The van der Waals surface area contributed by atoms with Crippen LogP contribution in [-0.4, -0.2) is 81.1 Å². The summed E-state index contributed by atoms with van der Waals surface area (Å²) >= 11 is 0. The van der Waals surface area contributed by atoms with Gasteiger partial charge in [0.25, 0.3) is 11.5 Å². The normalized spacial score (nSPS) is 11.8. The van der Waals surface area contributed by atoms with Crippen molar-refractivity contribution in [3.63, 3.8) is 0 Å². The van der Waals surface area contributed by atoms with Crippen LogP contribution in [0.4, 0.5) is 14.9 Å². The predicted octanol–water partition coefficient (Wildman–Crippen LogP) is 3.26. The van der Waals surface area contributed by atoms with Gasteiger partial charge in [-0.15, -0.1) is 0 Å². The quantitative estimate of drug-likeness (QED) is 0.260. The number of imidazole rings is 1. The van der Waals surface area contributed by atoms with Gasteiger partial charge in [-0.3, -0.25) is 19.0 Å². The van der Waals surface area contributed by atoms with E-state index in [-0.39, 0.29) is 31.0 Å². The predicted molar refractivity (Wildman–Crippen MR) is 162 cm³/mol. The maximum absolute atomic E-state index is 14.0. The zero-order chi connectivity index (χ0) is 31.8. The Morgan fingerprint density at radius 3 is 2.50 bits per heavy atom. The zero-order valence-electron chi connectivity index (χ0n) is 24.9. The van der Waals surface area contributed by atoms with Crippen LogP contribution in [-0.2, 0) is 27.4 Å². The van der Waals surface area contributed by atoms with Crippen LogP contribution in [0.25, 0.3) is 11.0 Å². The molecule has 2 heterocycles. The van der Waals surface area contributed by atoms with E-state index in [0.29, 0.717) is 23.4 Å². The van der Waals surface area contributed by atoms with Crippen molar-refractivity contribution < 1.29 is 23.5 Å². The number of likely N-dealkylation sites (N-methyl/N-ethyl adjacent to an activating group) is 1. The minimum atomic E-state index is -1.25. The molecule has 1 atom stereocenters. The van der Waals surface area contributed by atoms with Crippen LogP contribution < -0.4 is 10.9 Å². The fraction of sp³-hybridized carbons (Fsp3) is 0.290. The highest BCUT2D eigenvalue weighted by atomic mass is 19.1. The first-order valence-electron chi connectivity index (χ1n) is 13.8. The minimum Gasteiger partial charge on any atom is -0.436 e. The number of hydrogen-bond acceptors (Lipinski definition) is 7. The van der Waals surface area contributed by atoms with E-state index in [2.05, 4.69) is 15.3 Å². The van der Waals surface area contributed by atoms with Gasteiger partial charge < -0.3 is 24.4 Å². The first-order valence-corrected chi connectivity index (χ1v) is 13.8. The third kappa shape index (κ3) is 7.94. The van der Waals surface area contributed by atoms with Gasteiger partial charge in [0, 0.05) is 40.8 Å². The highest BCUT2D eigenvalue weighted by Crippen LogP contribution is 2.20. The van der Waals surface area contributed by atoms with E-state index >= 15 is 0 Å². The summed E-state index contributed by atoms with van der Waals surface area (Å²) in [6, 6.07) is 14.0. The Bertz CT molecular complexity index is 1730. The molecule has 0 bridgehead atoms. The summed E-state index contributed by atoms with van der Waals surface area (Å²) < 4.78 is 22.5. The highest BCUT2D eigenvalue weighted by Gasteiger charge is 2.25. The Morgan fingerprint density at radius 2 is 1.80 bits per heavy atom. The molecule has 0 spiro atoms. The van der Waals surface area contributed by atoms with E-state index in [4.69, 9.17) is 4.74 Å². The summed E-state index contributed by atoms with van der Waals surface area (Å²) in [4.78, 5) is 62.0. The monoisotopic (exact) mass is 603 g/mol. The van der Waals surface area contributed by atoms with Gasteiger partial charge in [-0.05, 0) is 36.6 Å². The zero-order valence-corrected chi connectivity index (χ0v) is 24.9. The van der Waals surface area contributed by atoms with Crippen LogP contribution >= 0.6 is 0 Å². The number of anilines is 1. The topological polar surface area (TPSA) is 132 Å². The molecule has 3 amide bonds. The second kappa shape index (κ2) is 14.2. The van der Waals surface area contributed by atoms with E-state index in [1.165, 1.54) is 59.2 Å². The van der Waals surface area contributed by atoms with E-state index in [1.807, 2.05) is 34.9 Å². The maximum Gasteiger partial charge on any atom is 0.410 e. The minimum absolute atomic E-state index is 0.0115. The molecule has 0 saturated heterocycles. The fourth-order valence-electron chi connectivity index (χ4n) is 4.28. The van der Waals surface area contributed by atoms with Gasteiger partial charge in [0.05, 0.1) is 30.1 Å². The average Bonchev–Trinajstić information content (AvgIpc) is 3.31. The van der Waals surface area contributed by atoms with E-state index < -0.39 is 29.5 Å². The summed E-state index contributed by atoms with van der Waals surface area (Å²) in [6.07, 6.45) is 3.81. The van der Waals surface area contributed by atoms with E-state index in [9.17, 15) is 23.6 Å². The van der Waals surface area contributed by atoms with Crippen LogP contribution in [0.5, 0.6) is 0 Å². The molecule has 2 aromatic heterocycles. The largest absolute Gasteiger partial charge is 0.436 e. The lowest BCUT2D eigenvalue weighted by Crippen LogP contribution is -2.37. The summed E-state index contributed by atoms with van der Waals surface area (Å²) in [5, 5.41) is 2.53. The van der Waals surface area contributed by atoms with Crippen LogP contribution in [0, 0.1) is 5.82 Å². The van der Waals surface area contributed by atoms with E-state index in [0.717, 1.165) is 5.56 Å². The number of fused-ring (bicyclic) bond motifs is 1. The molecule has 0 radical (unpaired) electrons. The van der Waals surface area contributed by atoms with Crippen molar-refractivity contribution in [1.29, 1.82) is 0 Å². The van der Waals surface area contributed by atoms with Gasteiger partial charge in [0.2, 0.25) is 5.91 Å². The number of carbonyl (C=O) groups excluding carboxylic acids is 3. The highest BCUT2D eigenvalue weighted by molar-refractivity contribution is 5.95. The molecule has 0 fully saturated rings. The molecular weight excluding hydrogens is 569 g/mol. The average molecular weight is 604 g/mol. The standard InChI is InChI=1S/C31H34FN7O5/c1-36(2)28(40)13-9-8-12-26(44-31(43)37(3)4)29(41)35-24-17-33-20-38(30(24)42)19-27-34-23-16-22(32)14-15-25(23)39(27)18-21-10-6-5-7-11-21/h5-7,9-11,13-17,20,26H,8,12,18-19H2,1-4H3,(H,35,41). The lowest BCUT2D eigenvalue weighted by molar-refractivity contribution is -0.125. The van der Waals surface area contributed by atoms with Gasteiger partial charge in [-0.1, -0.05) is 36.4 Å². The van der Waals surface area contributed by atoms with E-state index in [1.54, 1.807) is 26.2 Å². The Balaban J connectivity index is 1.57. The number of allylic oxidation sites excluding steroid dienone is 1. The molecule has 13 heteroatoms. The number of benzene rings is 2. The second-order valence-corrected chi connectivity index (χ2v) is 10.4. The Hall–Kier alpha value is -5.33. The number of aromatic nitrogens is 4. The van der Waals surface area contributed by atoms with Crippen LogP contribution in [0.15, 0.2) is 78.0 Å². The molecular formula is C31H34FN7O5. The van der Waals surface area contributed by atoms with Gasteiger partial charge >= 0.3 is 6.09 Å². The fourth-order valence-corrected chi connectivity index (χ4v) is 4.28. The van der Waals surface area contributed by atoms with Crippen molar-refractivity contribution >= 4 is 34.6 Å². The molecule has 0 aliphatic carbocycles. The molecule has 0 aliphatic rings. The Kier molecular flexibility index (Phi) is 10.2. The number of rotatable bonds is 11. The SMILES string of the molecule is CN(C)C(=O)C=CCCC(OC(=O)N(C)C)C(=O)Nc1cncn(Cc2nc3cc(F)ccc3n2Cc2ccccc2)c1=O. The lowest BCUT2D eigenvalue weighted by atomic mass is 10.1. The Morgan fingerprint density at radius 1 is 1.05 bits per heavy atom. The molecule has 230 valence electrons. The van der Waals surface area contributed by atoms with Crippen molar-refractivity contribution in [2.24, 2.45) is 0 Å². The number of nitrogens with one attached hydrogen (secondary N) is 1. The molecule has 12 nitrogen and oxygen atoms in total. The molecule has 0 saturated carbocycles. The number of hydrogen-bond donors (Lipinski definition) is 1. The van der Waals surface area contributed by atoms with Gasteiger partial charge in [0.1, 0.15) is 17.3 Å². The molecule has 44 heavy (non-hydrogen) atoms. The summed E-state index contributed by atoms with van der Waals surface area (Å²) in [6.45, 7) is 0.423. The van der Waals surface area contributed by atoms with Crippen molar-refractivity contribution in [2.75, 3.05) is 33.5 Å². The molecule has 4 rings (SSSR count). The van der Waals surface area contributed by atoms with Gasteiger partial charge in [-0.25, -0.2) is 19.2 Å². The molecule has 1 unspecified atom stereocenters. The summed E-state index contributed by atoms with van der Waals surface area (Å²) in [5.74, 6) is -0.898. The third-order valence-electron chi connectivity index (χ3n) is 6.64. The second-order valence-electron chi connectivity index (χ2n) is 10.4. The molecule has 1 N–H and O–H groups in total. The van der Waals surface area contributed by atoms with Crippen LogP contribution in [0.1, 0.15) is 24.2 Å². The van der Waals surface area contributed by atoms with Crippen molar-refractivity contribution in [2.45, 2.75) is 32.0 Å². The lowest BCUT2D eigenvalue weighted by Gasteiger charge is -2.19. The van der Waals surface area contributed by atoms with Gasteiger partial charge in [-0.2, -0.15) is 0 Å². The maximum atomic E-state index is 14.0. The van der Waals surface area contributed by atoms with Gasteiger partial charge in [0.15, 0.2) is 6.10 Å². The molecule has 2 aromatic carbocycles. The Labute approximate surface area is 253 Å². The number of amides is 3. The molecule has 4 aromatic rings. The first-order chi connectivity index (χ1) is 21.0. The van der Waals surface area contributed by atoms with Crippen molar-refractivity contribution in [3.05, 3.63) is 101 Å². The van der Waals surface area contributed by atoms with Crippen molar-refractivity contribution in [1.82, 2.24) is 28.9 Å². The van der Waals surface area contributed by atoms with Crippen molar-refractivity contribution in [3.8, 4) is 0 Å². The first kappa shape index (κ1) is 31.6. The number of nitrogens with zero attached hydrogens (tertiary/aromatic N) is 6. The van der Waals surface area contributed by atoms with Crippen LogP contribution in [0.2, 0.25) is 0 Å². The number of ether oxygens (including phenoxy) is 1.